The Morgan fingerprint density at radius 1 is 1.04 bits per heavy atom. The number of anilines is 1. The van der Waals surface area contributed by atoms with Gasteiger partial charge in [-0.3, -0.25) is 4.98 Å². The standard InChI is InChI=1S/C17H18F2N2O2/c1-22-14-8-12(21-6-2-3-7-21)9-15(10-14)23-13-4-5-16(17(18)19)20-11-13/h4-5,8-11,17H,2-3,6-7H2,1H3. The number of aromatic nitrogens is 1. The predicted octanol–water partition coefficient (Wildman–Crippen LogP) is 4.42. The summed E-state index contributed by atoms with van der Waals surface area (Å²) >= 11 is 0. The van der Waals surface area contributed by atoms with Gasteiger partial charge in [-0.15, -0.1) is 0 Å². The third-order valence-electron chi connectivity index (χ3n) is 3.79. The van der Waals surface area contributed by atoms with Crippen LogP contribution in [-0.2, 0) is 0 Å². The van der Waals surface area contributed by atoms with Gasteiger partial charge in [0.25, 0.3) is 6.43 Å². The average molecular weight is 320 g/mol. The molecule has 122 valence electrons. The van der Waals surface area contributed by atoms with Crippen LogP contribution in [0.5, 0.6) is 17.2 Å². The van der Waals surface area contributed by atoms with Crippen molar-refractivity contribution in [1.29, 1.82) is 0 Å². The highest BCUT2D eigenvalue weighted by Crippen LogP contribution is 2.33. The molecule has 1 aliphatic rings. The molecule has 0 radical (unpaired) electrons. The number of hydrogen-bond acceptors (Lipinski definition) is 4. The second-order valence-electron chi connectivity index (χ2n) is 5.38. The molecule has 0 unspecified atom stereocenters. The van der Waals surface area contributed by atoms with Crippen molar-refractivity contribution in [2.45, 2.75) is 19.3 Å². The first-order valence-electron chi connectivity index (χ1n) is 7.52. The molecule has 6 heteroatoms. The molecule has 1 aromatic carbocycles. The zero-order chi connectivity index (χ0) is 16.2. The molecule has 0 spiro atoms. The van der Waals surface area contributed by atoms with E-state index in [0.717, 1.165) is 18.8 Å². The summed E-state index contributed by atoms with van der Waals surface area (Å²) in [7, 11) is 1.60. The van der Waals surface area contributed by atoms with Gasteiger partial charge in [-0.25, -0.2) is 8.78 Å². The first-order valence-corrected chi connectivity index (χ1v) is 7.52. The van der Waals surface area contributed by atoms with E-state index in [2.05, 4.69) is 9.88 Å². The molecular weight excluding hydrogens is 302 g/mol. The summed E-state index contributed by atoms with van der Waals surface area (Å²) in [4.78, 5) is 5.97. The Balaban J connectivity index is 1.82. The summed E-state index contributed by atoms with van der Waals surface area (Å²) in [5, 5.41) is 0. The minimum atomic E-state index is -2.58. The van der Waals surface area contributed by atoms with Crippen LogP contribution < -0.4 is 14.4 Å². The summed E-state index contributed by atoms with van der Waals surface area (Å²) in [6, 6.07) is 8.41. The number of alkyl halides is 2. The second-order valence-corrected chi connectivity index (χ2v) is 5.38. The second kappa shape index (κ2) is 6.81. The molecule has 0 atom stereocenters. The minimum Gasteiger partial charge on any atom is -0.497 e. The van der Waals surface area contributed by atoms with Crippen LogP contribution in [0.2, 0.25) is 0 Å². The first-order chi connectivity index (χ1) is 11.2. The van der Waals surface area contributed by atoms with Crippen LogP contribution in [0.3, 0.4) is 0 Å². The Morgan fingerprint density at radius 2 is 1.78 bits per heavy atom. The smallest absolute Gasteiger partial charge is 0.280 e. The van der Waals surface area contributed by atoms with Gasteiger partial charge in [-0.05, 0) is 25.0 Å². The first kappa shape index (κ1) is 15.5. The Kier molecular flexibility index (Phi) is 4.60. The fraction of sp³-hybridized carbons (Fsp3) is 0.353. The summed E-state index contributed by atoms with van der Waals surface area (Å²) in [5.74, 6) is 1.70. The highest BCUT2D eigenvalue weighted by molar-refractivity contribution is 5.56. The van der Waals surface area contributed by atoms with Gasteiger partial charge in [-0.1, -0.05) is 0 Å². The maximum atomic E-state index is 12.5. The van der Waals surface area contributed by atoms with E-state index in [1.807, 2.05) is 12.1 Å². The lowest BCUT2D eigenvalue weighted by Crippen LogP contribution is -2.17. The van der Waals surface area contributed by atoms with Crippen LogP contribution in [0.4, 0.5) is 14.5 Å². The zero-order valence-corrected chi connectivity index (χ0v) is 12.8. The van der Waals surface area contributed by atoms with E-state index in [-0.39, 0.29) is 5.69 Å². The van der Waals surface area contributed by atoms with E-state index in [4.69, 9.17) is 9.47 Å². The lowest BCUT2D eigenvalue weighted by Gasteiger charge is -2.19. The van der Waals surface area contributed by atoms with E-state index in [1.165, 1.54) is 31.2 Å². The van der Waals surface area contributed by atoms with Gasteiger partial charge in [0.1, 0.15) is 22.9 Å². The van der Waals surface area contributed by atoms with Crippen molar-refractivity contribution in [2.75, 3.05) is 25.1 Å². The summed E-state index contributed by atoms with van der Waals surface area (Å²) in [6.45, 7) is 2.02. The molecule has 1 saturated heterocycles. The highest BCUT2D eigenvalue weighted by atomic mass is 19.3. The Hall–Kier alpha value is -2.37. The maximum absolute atomic E-state index is 12.5. The Labute approximate surface area is 133 Å². The minimum absolute atomic E-state index is 0.263. The van der Waals surface area contributed by atoms with Gasteiger partial charge in [0.2, 0.25) is 0 Å². The van der Waals surface area contributed by atoms with Crippen LogP contribution in [0, 0.1) is 0 Å². The molecule has 0 amide bonds. The molecule has 23 heavy (non-hydrogen) atoms. The number of pyridine rings is 1. The Bertz CT molecular complexity index is 656. The Morgan fingerprint density at radius 3 is 2.39 bits per heavy atom. The van der Waals surface area contributed by atoms with Gasteiger partial charge in [0, 0.05) is 37.0 Å². The van der Waals surface area contributed by atoms with Crippen LogP contribution >= 0.6 is 0 Å². The zero-order valence-electron chi connectivity index (χ0n) is 12.8. The molecule has 3 rings (SSSR count). The largest absolute Gasteiger partial charge is 0.497 e. The number of methoxy groups -OCH3 is 1. The van der Waals surface area contributed by atoms with Crippen molar-refractivity contribution in [3.63, 3.8) is 0 Å². The monoisotopic (exact) mass is 320 g/mol. The van der Waals surface area contributed by atoms with Crippen molar-refractivity contribution in [2.24, 2.45) is 0 Å². The molecule has 0 aliphatic carbocycles. The fourth-order valence-electron chi connectivity index (χ4n) is 2.61. The normalized spacial score (nSPS) is 14.3. The summed E-state index contributed by atoms with van der Waals surface area (Å²) in [5.41, 5.74) is 0.773. The van der Waals surface area contributed by atoms with Gasteiger partial charge >= 0.3 is 0 Å². The van der Waals surface area contributed by atoms with E-state index in [9.17, 15) is 8.78 Å². The number of hydrogen-bond donors (Lipinski definition) is 0. The van der Waals surface area contributed by atoms with Crippen molar-refractivity contribution in [1.82, 2.24) is 4.98 Å². The van der Waals surface area contributed by atoms with Crippen LogP contribution in [-0.4, -0.2) is 25.2 Å². The SMILES string of the molecule is COc1cc(Oc2ccc(C(F)F)nc2)cc(N2CCCC2)c1. The van der Waals surface area contributed by atoms with Crippen LogP contribution in [0.1, 0.15) is 25.0 Å². The average Bonchev–Trinajstić information content (AvgIpc) is 3.09. The molecule has 1 aliphatic heterocycles. The van der Waals surface area contributed by atoms with Crippen LogP contribution in [0.15, 0.2) is 36.5 Å². The van der Waals surface area contributed by atoms with Crippen LogP contribution in [0.25, 0.3) is 0 Å². The van der Waals surface area contributed by atoms with E-state index < -0.39 is 6.43 Å². The molecule has 0 bridgehead atoms. The number of benzene rings is 1. The van der Waals surface area contributed by atoms with E-state index in [0.29, 0.717) is 17.2 Å². The number of nitrogens with zero attached hydrogens (tertiary/aromatic N) is 2. The van der Waals surface area contributed by atoms with E-state index >= 15 is 0 Å². The van der Waals surface area contributed by atoms with Crippen molar-refractivity contribution >= 4 is 5.69 Å². The molecule has 2 heterocycles. The third-order valence-corrected chi connectivity index (χ3v) is 3.79. The highest BCUT2D eigenvalue weighted by Gasteiger charge is 2.15. The van der Waals surface area contributed by atoms with Gasteiger partial charge in [-0.2, -0.15) is 0 Å². The van der Waals surface area contributed by atoms with Gasteiger partial charge in [0.05, 0.1) is 13.3 Å². The predicted molar refractivity (Wildman–Crippen MR) is 83.7 cm³/mol. The summed E-state index contributed by atoms with van der Waals surface area (Å²) in [6.07, 6.45) is 1.07. The van der Waals surface area contributed by atoms with E-state index in [1.54, 1.807) is 13.2 Å². The number of halogens is 2. The lowest BCUT2D eigenvalue weighted by molar-refractivity contribution is 0.146. The van der Waals surface area contributed by atoms with Gasteiger partial charge in [0.15, 0.2) is 0 Å². The van der Waals surface area contributed by atoms with Crippen molar-refractivity contribution in [3.05, 3.63) is 42.2 Å². The topological polar surface area (TPSA) is 34.6 Å². The third kappa shape index (κ3) is 3.70. The molecule has 2 aromatic rings. The lowest BCUT2D eigenvalue weighted by atomic mass is 10.2. The van der Waals surface area contributed by atoms with Crippen molar-refractivity contribution in [3.8, 4) is 17.2 Å². The molecule has 0 N–H and O–H groups in total. The quantitative estimate of drug-likeness (QED) is 0.817. The molecule has 4 nitrogen and oxygen atoms in total. The van der Waals surface area contributed by atoms with Gasteiger partial charge < -0.3 is 14.4 Å². The fourth-order valence-corrected chi connectivity index (χ4v) is 2.61. The molecule has 1 fully saturated rings. The number of rotatable bonds is 5. The summed E-state index contributed by atoms with van der Waals surface area (Å²) < 4.78 is 36.1. The maximum Gasteiger partial charge on any atom is 0.280 e. The molecular formula is C17H18F2N2O2. The number of ether oxygens (including phenoxy) is 2. The molecule has 0 saturated carbocycles. The van der Waals surface area contributed by atoms with Crippen molar-refractivity contribution < 1.29 is 18.3 Å². The molecule has 1 aromatic heterocycles.